The molecular weight excluding hydrogens is 614 g/mol. The Morgan fingerprint density at radius 1 is 1.02 bits per heavy atom. The van der Waals surface area contributed by atoms with Crippen molar-refractivity contribution in [1.29, 1.82) is 0 Å². The molecule has 2 aliphatic heterocycles. The summed E-state index contributed by atoms with van der Waals surface area (Å²) in [6.07, 6.45) is 16.5. The number of piperidine rings is 2. The summed E-state index contributed by atoms with van der Waals surface area (Å²) >= 11 is 0.00117. The Hall–Kier alpha value is 0.233. The van der Waals surface area contributed by atoms with E-state index in [4.69, 9.17) is 9.69 Å². The van der Waals surface area contributed by atoms with Crippen LogP contribution < -0.4 is 0 Å². The van der Waals surface area contributed by atoms with Crippen molar-refractivity contribution in [3.05, 3.63) is 42.1 Å². The Balaban J connectivity index is 0.000000815. The molecule has 3 aliphatic rings. The summed E-state index contributed by atoms with van der Waals surface area (Å²) in [6.45, 7) is 37.5. The van der Waals surface area contributed by atoms with Gasteiger partial charge in [-0.3, -0.25) is 0 Å². The van der Waals surface area contributed by atoms with Gasteiger partial charge in [0.05, 0.1) is 0 Å². The van der Waals surface area contributed by atoms with Crippen molar-refractivity contribution < 1.29 is 15.7 Å². The molecule has 2 bridgehead atoms. The topological polar surface area (TPSA) is 3.24 Å². The first-order chi connectivity index (χ1) is 18.6. The van der Waals surface area contributed by atoms with Crippen LogP contribution in [-0.4, -0.2) is 39.9 Å². The monoisotopic (exact) mass is 683 g/mol. The number of nitrogens with zero attached hydrogens (tertiary/aromatic N) is 1. The minimum absolute atomic E-state index is 0.00117. The van der Waals surface area contributed by atoms with E-state index < -0.39 is 6.60 Å². The van der Waals surface area contributed by atoms with Crippen molar-refractivity contribution >= 4 is 20.6 Å². The van der Waals surface area contributed by atoms with Crippen molar-refractivity contribution in [1.82, 2.24) is 4.90 Å². The van der Waals surface area contributed by atoms with Crippen LogP contribution in [0.15, 0.2) is 35.6 Å². The number of halogens is 1. The van der Waals surface area contributed by atoms with E-state index in [2.05, 4.69) is 117 Å². The molecule has 1 saturated carbocycles. The van der Waals surface area contributed by atoms with Gasteiger partial charge in [-0.05, 0) is 49.7 Å². The fraction of sp³-hybridized carbons (Fsp3) is 0.778. The second kappa shape index (κ2) is 17.5. The van der Waals surface area contributed by atoms with E-state index in [1.807, 2.05) is 13.8 Å². The minimum atomic E-state index is -1.49. The Labute approximate surface area is 264 Å². The molecule has 2 saturated heterocycles. The number of allylic oxidation sites excluding steroid dienone is 4. The van der Waals surface area contributed by atoms with Gasteiger partial charge in [0.2, 0.25) is 0 Å². The zero-order valence-corrected chi connectivity index (χ0v) is 32.6. The predicted molar refractivity (Wildman–Crippen MR) is 188 cm³/mol. The summed E-state index contributed by atoms with van der Waals surface area (Å²) in [7, 11) is 6.05. The fourth-order valence-electron chi connectivity index (χ4n) is 7.36. The van der Waals surface area contributed by atoms with Crippen molar-refractivity contribution in [2.75, 3.05) is 25.2 Å². The van der Waals surface area contributed by atoms with Gasteiger partial charge in [-0.1, -0.05) is 86.5 Å². The second-order valence-corrected chi connectivity index (χ2v) is 22.9. The van der Waals surface area contributed by atoms with Gasteiger partial charge in [0, 0.05) is 11.2 Å². The summed E-state index contributed by atoms with van der Waals surface area (Å²) in [4.78, 5) is 2.66. The number of hydrogen-bond donors (Lipinski definition) is 0. The van der Waals surface area contributed by atoms with Crippen LogP contribution in [0, 0.1) is 29.7 Å². The third-order valence-electron chi connectivity index (χ3n) is 9.64. The van der Waals surface area contributed by atoms with Crippen LogP contribution in [0.25, 0.3) is 0 Å². The van der Waals surface area contributed by atoms with Crippen LogP contribution >= 0.6 is 16.3 Å². The average Bonchev–Trinajstić information content (AvgIpc) is 2.87. The van der Waals surface area contributed by atoms with Gasteiger partial charge in [-0.25, -0.2) is 6.54 Å². The van der Waals surface area contributed by atoms with E-state index in [-0.39, 0.29) is 21.2 Å². The van der Waals surface area contributed by atoms with E-state index in [9.17, 15) is 0 Å². The molecule has 1 nitrogen and oxygen atoms in total. The molecular formula is C36H69ClNPRu-. The zero-order valence-electron chi connectivity index (χ0n) is 29.2. The molecule has 0 radical (unpaired) electrons. The Kier molecular flexibility index (Phi) is 17.6. The molecule has 0 aromatic rings. The molecule has 2 heterocycles. The van der Waals surface area contributed by atoms with Crippen LogP contribution in [0.5, 0.6) is 0 Å². The number of fused-ring (bicyclic) bond motifs is 3. The molecule has 3 rings (SSSR count). The fourth-order valence-corrected chi connectivity index (χ4v) is 20.0. The van der Waals surface area contributed by atoms with E-state index in [1.54, 1.807) is 0 Å². The van der Waals surface area contributed by atoms with Gasteiger partial charge in [-0.2, -0.15) is 0 Å². The SMILES string of the molecule is C=C/C(=C(\C(=C/C)C(C)C)N1[CH-]C2(C)CCC1(C)C[C@H]2C)C(C)C.CC.CCCP(C)([CH]=[Ru][Cl])(CCC)CCC. The van der Waals surface area contributed by atoms with E-state index in [0.717, 1.165) is 5.92 Å². The maximum absolute atomic E-state index is 6.05. The molecule has 0 aromatic heterocycles. The molecule has 0 amide bonds. The number of hydrogen-bond acceptors (Lipinski definition) is 1. The standard InChI is InChI=1S/C23H38N.C11H25P.C2H6.ClH.Ru/c1-10-19(16(3)4)21(20(11-2)17(5)6)24-15-22(8)12-13-23(24,9)14-18(22)7;1-6-9-12(4,5,10-7-2)11-8-3;1-2;;/h10-11,15-18H,1,12-14H2,2-9H3;4H,6-11H2,1-3,5H3;1-2H3;1H;/q-1;;;;+1/p-1/b20-11-,21-19-;;;;/t18-,22?,23?;;;;/m1..../s1. The number of rotatable bonds is 12. The Bertz CT molecular complexity index is 852. The Morgan fingerprint density at radius 3 is 1.85 bits per heavy atom. The van der Waals surface area contributed by atoms with Crippen molar-refractivity contribution in [3.63, 3.8) is 0 Å². The summed E-state index contributed by atoms with van der Waals surface area (Å²) < 4.78 is 2.58. The molecule has 0 spiro atoms. The molecule has 0 aromatic carbocycles. The van der Waals surface area contributed by atoms with Crippen LogP contribution in [0.2, 0.25) is 0 Å². The van der Waals surface area contributed by atoms with E-state index in [0.29, 0.717) is 17.3 Å². The molecule has 40 heavy (non-hydrogen) atoms. The Morgan fingerprint density at radius 2 is 1.52 bits per heavy atom. The van der Waals surface area contributed by atoms with Gasteiger partial charge in [0.15, 0.2) is 0 Å². The van der Waals surface area contributed by atoms with E-state index >= 15 is 0 Å². The first kappa shape index (κ1) is 40.2. The molecule has 2 unspecified atom stereocenters. The van der Waals surface area contributed by atoms with Crippen molar-refractivity contribution in [3.8, 4) is 0 Å². The second-order valence-electron chi connectivity index (χ2n) is 13.9. The molecule has 239 valence electrons. The maximum atomic E-state index is 6.05. The van der Waals surface area contributed by atoms with Gasteiger partial charge in [-0.15, -0.1) is 5.41 Å². The quantitative estimate of drug-likeness (QED) is 0.0857. The van der Waals surface area contributed by atoms with Gasteiger partial charge in [0.25, 0.3) is 0 Å². The third-order valence-corrected chi connectivity index (χ3v) is 21.6. The van der Waals surface area contributed by atoms with Crippen molar-refractivity contribution in [2.24, 2.45) is 23.2 Å². The van der Waals surface area contributed by atoms with Gasteiger partial charge >= 0.3 is 102 Å². The van der Waals surface area contributed by atoms with Crippen LogP contribution in [0.1, 0.15) is 129 Å². The molecule has 0 N–H and O–H groups in total. The van der Waals surface area contributed by atoms with Gasteiger partial charge < -0.3 is 4.90 Å². The first-order valence-corrected chi connectivity index (χ1v) is 22.9. The van der Waals surface area contributed by atoms with Crippen LogP contribution in [-0.2, 0) is 15.7 Å². The first-order valence-electron chi connectivity index (χ1n) is 16.4. The molecule has 3 fully saturated rings. The molecule has 3 atom stereocenters. The summed E-state index contributed by atoms with van der Waals surface area (Å²) in [5, 5.41) is 0. The third kappa shape index (κ3) is 9.88. The van der Waals surface area contributed by atoms with Crippen LogP contribution in [0.3, 0.4) is 0 Å². The summed E-state index contributed by atoms with van der Waals surface area (Å²) in [6, 6.07) is 0. The summed E-state index contributed by atoms with van der Waals surface area (Å²) in [5.41, 5.74) is 4.83. The molecule has 4 heteroatoms. The molecule has 1 aliphatic carbocycles. The van der Waals surface area contributed by atoms with E-state index in [1.165, 1.54) is 73.9 Å². The predicted octanol–water partition coefficient (Wildman–Crippen LogP) is 12.2. The normalized spacial score (nSPS) is 26.7. The summed E-state index contributed by atoms with van der Waals surface area (Å²) in [5.74, 6) is 1.75. The average molecular weight is 683 g/mol. The van der Waals surface area contributed by atoms with Gasteiger partial charge in [0.1, 0.15) is 0 Å². The zero-order chi connectivity index (χ0) is 31.4. The van der Waals surface area contributed by atoms with Crippen LogP contribution in [0.4, 0.5) is 0 Å². The van der Waals surface area contributed by atoms with Crippen molar-refractivity contribution in [2.45, 2.75) is 134 Å².